The highest BCUT2D eigenvalue weighted by molar-refractivity contribution is 6.31. The van der Waals surface area contributed by atoms with Crippen LogP contribution in [-0.2, 0) is 6.18 Å². The number of nitrogens with zero attached hydrogens (tertiary/aromatic N) is 3. The molecule has 33 heavy (non-hydrogen) atoms. The molecule has 1 heterocycles. The van der Waals surface area contributed by atoms with E-state index in [9.17, 15) is 36.5 Å². The Morgan fingerprint density at radius 3 is 1.97 bits per heavy atom. The van der Waals surface area contributed by atoms with E-state index in [0.29, 0.717) is 6.07 Å². The summed E-state index contributed by atoms with van der Waals surface area (Å²) in [6.45, 7) is 0. The van der Waals surface area contributed by atoms with Gasteiger partial charge in [-0.3, -0.25) is 10.1 Å². The quantitative estimate of drug-likeness (QED) is 0.231. The highest BCUT2D eigenvalue weighted by Gasteiger charge is 2.34. The number of rotatable bonds is 6. The Balaban J connectivity index is 1.90. The van der Waals surface area contributed by atoms with Crippen LogP contribution in [0.4, 0.5) is 55.0 Å². The Bertz CT molecular complexity index is 1170. The maximum Gasteiger partial charge on any atom is 0.573 e. The maximum atomic E-state index is 13.1. The zero-order valence-electron chi connectivity index (χ0n) is 15.8. The Hall–Kier alpha value is -3.81. The topological polar surface area (TPSA) is 102 Å². The first kappa shape index (κ1) is 23.8. The molecule has 0 spiro atoms. The predicted molar refractivity (Wildman–Crippen MR) is 105 cm³/mol. The molecule has 0 amide bonds. The van der Waals surface area contributed by atoms with E-state index in [-0.39, 0.29) is 17.2 Å². The lowest BCUT2D eigenvalue weighted by molar-refractivity contribution is -0.383. The molecule has 0 aliphatic rings. The molecule has 3 aromatic rings. The molecule has 174 valence electrons. The molecular weight excluding hydrogens is 484 g/mol. The van der Waals surface area contributed by atoms with Crippen molar-refractivity contribution in [2.75, 3.05) is 10.6 Å². The van der Waals surface area contributed by atoms with Crippen LogP contribution in [0.25, 0.3) is 0 Å². The first-order chi connectivity index (χ1) is 15.3. The van der Waals surface area contributed by atoms with Gasteiger partial charge in [-0.05, 0) is 42.5 Å². The molecule has 15 heteroatoms. The third-order valence-electron chi connectivity index (χ3n) is 3.89. The number of aromatic nitrogens is 2. The van der Waals surface area contributed by atoms with E-state index in [2.05, 4.69) is 25.3 Å². The smallest absolute Gasteiger partial charge is 0.406 e. The van der Waals surface area contributed by atoms with Crippen LogP contribution in [0.3, 0.4) is 0 Å². The summed E-state index contributed by atoms with van der Waals surface area (Å²) < 4.78 is 79.7. The largest absolute Gasteiger partial charge is 0.573 e. The van der Waals surface area contributed by atoms with Crippen molar-refractivity contribution < 1.29 is 36.0 Å². The van der Waals surface area contributed by atoms with Crippen LogP contribution in [0.2, 0.25) is 5.02 Å². The summed E-state index contributed by atoms with van der Waals surface area (Å²) in [6.07, 6.45) is -8.75. The Morgan fingerprint density at radius 2 is 1.45 bits per heavy atom. The van der Waals surface area contributed by atoms with E-state index in [1.54, 1.807) is 0 Å². The Morgan fingerprint density at radius 1 is 0.909 bits per heavy atom. The molecule has 0 aliphatic carbocycles. The molecule has 0 saturated heterocycles. The minimum atomic E-state index is -4.89. The Kier molecular flexibility index (Phi) is 6.48. The summed E-state index contributed by atoms with van der Waals surface area (Å²) in [6, 6.07) is 7.01. The van der Waals surface area contributed by atoms with Crippen LogP contribution in [0, 0.1) is 10.1 Å². The van der Waals surface area contributed by atoms with Gasteiger partial charge in [-0.25, -0.2) is 9.97 Å². The number of ether oxygens (including phenoxy) is 1. The van der Waals surface area contributed by atoms with Gasteiger partial charge in [-0.1, -0.05) is 11.6 Å². The predicted octanol–water partition coefficient (Wildman–Crippen LogP) is 6.44. The van der Waals surface area contributed by atoms with Crippen LogP contribution in [0.5, 0.6) is 5.75 Å². The van der Waals surface area contributed by atoms with Crippen molar-refractivity contribution >= 4 is 40.3 Å². The van der Waals surface area contributed by atoms with E-state index in [0.717, 1.165) is 42.7 Å². The molecule has 3 rings (SSSR count). The maximum absolute atomic E-state index is 13.1. The molecule has 2 aromatic carbocycles. The van der Waals surface area contributed by atoms with Crippen LogP contribution < -0.4 is 15.4 Å². The number of nitro groups is 1. The van der Waals surface area contributed by atoms with Crippen molar-refractivity contribution in [2.45, 2.75) is 12.5 Å². The van der Waals surface area contributed by atoms with E-state index >= 15 is 0 Å². The van der Waals surface area contributed by atoms with Gasteiger partial charge < -0.3 is 15.4 Å². The fraction of sp³-hybridized carbons (Fsp3) is 0.111. The monoisotopic (exact) mass is 493 g/mol. The van der Waals surface area contributed by atoms with Gasteiger partial charge in [-0.2, -0.15) is 13.2 Å². The standard InChI is InChI=1S/C18H10ClF6N5O3/c19-13-6-3-10(7-12(13)17(20,21)22)29-16-14(30(31)32)15(26-8-27-16)28-9-1-4-11(5-2-9)33-18(23,24)25/h1-8H,(H2,26,27,28,29). The van der Waals surface area contributed by atoms with E-state index in [1.165, 1.54) is 0 Å². The first-order valence-electron chi connectivity index (χ1n) is 8.59. The lowest BCUT2D eigenvalue weighted by Gasteiger charge is -2.13. The fourth-order valence-corrected chi connectivity index (χ4v) is 2.79. The molecule has 0 bridgehead atoms. The van der Waals surface area contributed by atoms with Crippen molar-refractivity contribution in [2.24, 2.45) is 0 Å². The molecule has 8 nitrogen and oxygen atoms in total. The minimum absolute atomic E-state index is 0.114. The number of alkyl halides is 6. The number of hydrogen-bond donors (Lipinski definition) is 2. The molecule has 0 saturated carbocycles. The lowest BCUT2D eigenvalue weighted by atomic mass is 10.2. The first-order valence-corrected chi connectivity index (χ1v) is 8.97. The average molecular weight is 494 g/mol. The van der Waals surface area contributed by atoms with Crippen LogP contribution >= 0.6 is 11.6 Å². The van der Waals surface area contributed by atoms with Crippen LogP contribution in [0.1, 0.15) is 5.56 Å². The summed E-state index contributed by atoms with van der Waals surface area (Å²) >= 11 is 5.56. The van der Waals surface area contributed by atoms with Crippen LogP contribution in [0.15, 0.2) is 48.8 Å². The molecule has 0 atom stereocenters. The summed E-state index contributed by atoms with van der Waals surface area (Å²) in [5, 5.41) is 16.0. The van der Waals surface area contributed by atoms with Gasteiger partial charge in [0.25, 0.3) is 0 Å². The van der Waals surface area contributed by atoms with Crippen molar-refractivity contribution in [3.63, 3.8) is 0 Å². The third-order valence-corrected chi connectivity index (χ3v) is 4.22. The molecule has 0 fully saturated rings. The van der Waals surface area contributed by atoms with Gasteiger partial charge in [0.1, 0.15) is 12.1 Å². The number of halogens is 7. The lowest BCUT2D eigenvalue weighted by Crippen LogP contribution is -2.17. The van der Waals surface area contributed by atoms with Gasteiger partial charge in [0, 0.05) is 11.4 Å². The highest BCUT2D eigenvalue weighted by atomic mass is 35.5. The minimum Gasteiger partial charge on any atom is -0.406 e. The second-order valence-electron chi connectivity index (χ2n) is 6.19. The van der Waals surface area contributed by atoms with Crippen molar-refractivity contribution in [3.05, 3.63) is 69.5 Å². The fourth-order valence-electron chi connectivity index (χ4n) is 2.57. The molecule has 0 radical (unpaired) electrons. The zero-order chi connectivity index (χ0) is 24.4. The van der Waals surface area contributed by atoms with E-state index < -0.39 is 45.3 Å². The summed E-state index contributed by atoms with van der Waals surface area (Å²) in [7, 11) is 0. The SMILES string of the molecule is O=[N+]([O-])c1c(Nc2ccc(OC(F)(F)F)cc2)ncnc1Nc1ccc(Cl)c(C(F)(F)F)c1. The van der Waals surface area contributed by atoms with Crippen LogP contribution in [-0.4, -0.2) is 21.3 Å². The summed E-state index contributed by atoms with van der Waals surface area (Å²) in [5.74, 6) is -1.33. The van der Waals surface area contributed by atoms with Crippen molar-refractivity contribution in [3.8, 4) is 5.75 Å². The number of hydrogen-bond acceptors (Lipinski definition) is 7. The summed E-state index contributed by atoms with van der Waals surface area (Å²) in [5.41, 5.74) is -1.96. The summed E-state index contributed by atoms with van der Waals surface area (Å²) in [4.78, 5) is 18.2. The molecule has 0 aliphatic heterocycles. The number of nitrogens with one attached hydrogen (secondary N) is 2. The second-order valence-corrected chi connectivity index (χ2v) is 6.60. The molecular formula is C18H10ClF6N5O3. The molecule has 0 unspecified atom stereocenters. The number of benzene rings is 2. The normalized spacial score (nSPS) is 11.7. The van der Waals surface area contributed by atoms with E-state index in [4.69, 9.17) is 11.6 Å². The van der Waals surface area contributed by atoms with Gasteiger partial charge in [0.2, 0.25) is 11.6 Å². The highest BCUT2D eigenvalue weighted by Crippen LogP contribution is 2.38. The van der Waals surface area contributed by atoms with Gasteiger partial charge >= 0.3 is 18.2 Å². The molecule has 2 N–H and O–H groups in total. The Labute approximate surface area is 185 Å². The van der Waals surface area contributed by atoms with Gasteiger partial charge in [0.05, 0.1) is 15.5 Å². The average Bonchev–Trinajstić information content (AvgIpc) is 2.69. The molecule has 1 aromatic heterocycles. The van der Waals surface area contributed by atoms with Gasteiger partial charge in [0.15, 0.2) is 0 Å². The third kappa shape index (κ3) is 6.12. The van der Waals surface area contributed by atoms with Crippen molar-refractivity contribution in [1.29, 1.82) is 0 Å². The van der Waals surface area contributed by atoms with E-state index in [1.807, 2.05) is 0 Å². The second kappa shape index (κ2) is 8.97. The van der Waals surface area contributed by atoms with Gasteiger partial charge in [-0.15, -0.1) is 13.2 Å². The van der Waals surface area contributed by atoms with Crippen molar-refractivity contribution in [1.82, 2.24) is 9.97 Å². The zero-order valence-corrected chi connectivity index (χ0v) is 16.6. The number of anilines is 4.